The highest BCUT2D eigenvalue weighted by atomic mass is 16.5. The van der Waals surface area contributed by atoms with Crippen LogP contribution in [0, 0.1) is 6.92 Å². The maximum Gasteiger partial charge on any atom is 0.169 e. The van der Waals surface area contributed by atoms with Gasteiger partial charge < -0.3 is 9.47 Å². The van der Waals surface area contributed by atoms with Gasteiger partial charge in [0, 0.05) is 13.0 Å². The normalized spacial score (nSPS) is 19.3. The number of carbonyl (C=O) groups is 1. The molecule has 1 aliphatic rings. The average Bonchev–Trinajstić information content (AvgIpc) is 2.81. The topological polar surface area (TPSA) is 35.5 Å². The van der Waals surface area contributed by atoms with Crippen molar-refractivity contribution in [2.75, 3.05) is 13.7 Å². The van der Waals surface area contributed by atoms with Crippen LogP contribution in [-0.2, 0) is 4.74 Å². The van der Waals surface area contributed by atoms with Gasteiger partial charge in [0.15, 0.2) is 5.78 Å². The highest BCUT2D eigenvalue weighted by molar-refractivity contribution is 5.99. The highest BCUT2D eigenvalue weighted by Crippen LogP contribution is 2.24. The second-order valence-electron chi connectivity index (χ2n) is 4.47. The Hall–Kier alpha value is -1.35. The lowest BCUT2D eigenvalue weighted by molar-refractivity contribution is 0.0773. The molecule has 1 aliphatic heterocycles. The molecule has 0 radical (unpaired) electrons. The number of ketones is 1. The number of aryl methyl sites for hydroxylation is 1. The van der Waals surface area contributed by atoms with Gasteiger partial charge in [0.1, 0.15) is 5.75 Å². The van der Waals surface area contributed by atoms with Crippen LogP contribution >= 0.6 is 0 Å². The van der Waals surface area contributed by atoms with Gasteiger partial charge in [0.05, 0.1) is 18.8 Å². The zero-order valence-electron chi connectivity index (χ0n) is 10.4. The van der Waals surface area contributed by atoms with Crippen LogP contribution in [0.5, 0.6) is 5.75 Å². The Kier molecular flexibility index (Phi) is 3.79. The van der Waals surface area contributed by atoms with Crippen molar-refractivity contribution in [1.29, 1.82) is 0 Å². The van der Waals surface area contributed by atoms with Crippen LogP contribution in [0.25, 0.3) is 0 Å². The van der Waals surface area contributed by atoms with E-state index in [1.54, 1.807) is 7.11 Å². The Bertz CT molecular complexity index is 406. The van der Waals surface area contributed by atoms with Gasteiger partial charge in [0.2, 0.25) is 0 Å². The highest BCUT2D eigenvalue weighted by Gasteiger charge is 2.21. The first kappa shape index (κ1) is 12.1. The molecule has 0 amide bonds. The first-order valence-electron chi connectivity index (χ1n) is 6.00. The zero-order chi connectivity index (χ0) is 12.3. The Labute approximate surface area is 102 Å². The van der Waals surface area contributed by atoms with E-state index in [1.807, 2.05) is 25.1 Å². The fraction of sp³-hybridized carbons (Fsp3) is 0.500. The van der Waals surface area contributed by atoms with Gasteiger partial charge in [-0.3, -0.25) is 4.79 Å². The Morgan fingerprint density at radius 2 is 2.35 bits per heavy atom. The molecule has 2 rings (SSSR count). The fourth-order valence-corrected chi connectivity index (χ4v) is 2.16. The minimum atomic E-state index is 0.0905. The van der Waals surface area contributed by atoms with Crippen molar-refractivity contribution in [2.45, 2.75) is 32.3 Å². The second kappa shape index (κ2) is 5.32. The molecule has 0 aromatic heterocycles. The molecule has 0 saturated carbocycles. The van der Waals surface area contributed by atoms with E-state index in [-0.39, 0.29) is 11.9 Å². The molecular weight excluding hydrogens is 216 g/mol. The van der Waals surface area contributed by atoms with Crippen LogP contribution in [0.15, 0.2) is 18.2 Å². The molecule has 0 bridgehead atoms. The molecule has 17 heavy (non-hydrogen) atoms. The van der Waals surface area contributed by atoms with E-state index in [0.29, 0.717) is 17.7 Å². The van der Waals surface area contributed by atoms with Crippen molar-refractivity contribution in [2.24, 2.45) is 0 Å². The molecule has 1 saturated heterocycles. The molecule has 1 heterocycles. The average molecular weight is 234 g/mol. The number of rotatable bonds is 4. The number of hydrogen-bond acceptors (Lipinski definition) is 3. The maximum absolute atomic E-state index is 12.2. The van der Waals surface area contributed by atoms with Crippen LogP contribution in [-0.4, -0.2) is 25.6 Å². The second-order valence-corrected chi connectivity index (χ2v) is 4.47. The molecule has 1 fully saturated rings. The smallest absolute Gasteiger partial charge is 0.169 e. The van der Waals surface area contributed by atoms with Gasteiger partial charge in [-0.15, -0.1) is 0 Å². The third-order valence-corrected chi connectivity index (χ3v) is 3.09. The lowest BCUT2D eigenvalue weighted by Crippen LogP contribution is -2.13. The first-order chi connectivity index (χ1) is 8.20. The predicted molar refractivity (Wildman–Crippen MR) is 65.7 cm³/mol. The van der Waals surface area contributed by atoms with Gasteiger partial charge in [-0.25, -0.2) is 0 Å². The zero-order valence-corrected chi connectivity index (χ0v) is 10.4. The van der Waals surface area contributed by atoms with Gasteiger partial charge in [-0.1, -0.05) is 11.6 Å². The monoisotopic (exact) mass is 234 g/mol. The van der Waals surface area contributed by atoms with Crippen LogP contribution in [0.1, 0.15) is 35.2 Å². The first-order valence-corrected chi connectivity index (χ1v) is 6.00. The lowest BCUT2D eigenvalue weighted by atomic mass is 10.0. The SMILES string of the molecule is COc1ccc(C)cc1C(=O)CC1CCCO1. The van der Waals surface area contributed by atoms with Gasteiger partial charge >= 0.3 is 0 Å². The van der Waals surface area contributed by atoms with E-state index in [0.717, 1.165) is 25.0 Å². The Morgan fingerprint density at radius 1 is 1.53 bits per heavy atom. The van der Waals surface area contributed by atoms with Crippen molar-refractivity contribution in [3.63, 3.8) is 0 Å². The number of benzene rings is 1. The number of carbonyl (C=O) groups excluding carboxylic acids is 1. The molecule has 3 nitrogen and oxygen atoms in total. The summed E-state index contributed by atoms with van der Waals surface area (Å²) in [6.07, 6.45) is 2.59. The number of ether oxygens (including phenoxy) is 2. The van der Waals surface area contributed by atoms with Crippen LogP contribution in [0.2, 0.25) is 0 Å². The summed E-state index contributed by atoms with van der Waals surface area (Å²) in [4.78, 5) is 12.2. The van der Waals surface area contributed by atoms with Crippen LogP contribution in [0.4, 0.5) is 0 Å². The quantitative estimate of drug-likeness (QED) is 0.751. The van der Waals surface area contributed by atoms with Crippen molar-refractivity contribution >= 4 is 5.78 Å². The summed E-state index contributed by atoms with van der Waals surface area (Å²) < 4.78 is 10.7. The summed E-state index contributed by atoms with van der Waals surface area (Å²) in [6, 6.07) is 5.68. The third kappa shape index (κ3) is 2.86. The number of hydrogen-bond donors (Lipinski definition) is 0. The minimum Gasteiger partial charge on any atom is -0.496 e. The summed E-state index contributed by atoms with van der Waals surface area (Å²) in [5, 5.41) is 0. The molecule has 1 aromatic rings. The third-order valence-electron chi connectivity index (χ3n) is 3.09. The van der Waals surface area contributed by atoms with E-state index in [2.05, 4.69) is 0 Å². The molecule has 3 heteroatoms. The van der Waals surface area contributed by atoms with E-state index in [4.69, 9.17) is 9.47 Å². The molecule has 92 valence electrons. The number of methoxy groups -OCH3 is 1. The van der Waals surface area contributed by atoms with Crippen molar-refractivity contribution in [3.05, 3.63) is 29.3 Å². The van der Waals surface area contributed by atoms with Crippen molar-refractivity contribution in [1.82, 2.24) is 0 Å². The number of Topliss-reactive ketones (excluding diaryl/α,β-unsaturated/α-hetero) is 1. The van der Waals surface area contributed by atoms with E-state index in [1.165, 1.54) is 0 Å². The molecule has 0 aliphatic carbocycles. The maximum atomic E-state index is 12.2. The lowest BCUT2D eigenvalue weighted by Gasteiger charge is -2.11. The van der Waals surface area contributed by atoms with Gasteiger partial charge in [-0.2, -0.15) is 0 Å². The van der Waals surface area contributed by atoms with Gasteiger partial charge in [-0.05, 0) is 31.9 Å². The largest absolute Gasteiger partial charge is 0.496 e. The van der Waals surface area contributed by atoms with Crippen molar-refractivity contribution in [3.8, 4) is 5.75 Å². The van der Waals surface area contributed by atoms with E-state index >= 15 is 0 Å². The molecule has 0 N–H and O–H groups in total. The molecule has 0 spiro atoms. The summed E-state index contributed by atoms with van der Waals surface area (Å²) in [6.45, 7) is 2.76. The summed E-state index contributed by atoms with van der Waals surface area (Å²) in [7, 11) is 1.59. The van der Waals surface area contributed by atoms with Crippen LogP contribution in [0.3, 0.4) is 0 Å². The standard InChI is InChI=1S/C14H18O3/c1-10-5-6-14(16-2)12(8-10)13(15)9-11-4-3-7-17-11/h5-6,8,11H,3-4,7,9H2,1-2H3. The molecule has 1 aromatic carbocycles. The molecular formula is C14H18O3. The molecule has 1 unspecified atom stereocenters. The van der Waals surface area contributed by atoms with Gasteiger partial charge in [0.25, 0.3) is 0 Å². The summed E-state index contributed by atoms with van der Waals surface area (Å²) in [5.41, 5.74) is 1.74. The predicted octanol–water partition coefficient (Wildman–Crippen LogP) is 2.76. The Morgan fingerprint density at radius 3 is 3.00 bits per heavy atom. The summed E-state index contributed by atoms with van der Waals surface area (Å²) >= 11 is 0. The minimum absolute atomic E-state index is 0.0905. The van der Waals surface area contributed by atoms with Crippen molar-refractivity contribution < 1.29 is 14.3 Å². The van der Waals surface area contributed by atoms with E-state index < -0.39 is 0 Å². The summed E-state index contributed by atoms with van der Waals surface area (Å²) in [5.74, 6) is 0.760. The molecule has 1 atom stereocenters. The van der Waals surface area contributed by atoms with Crippen LogP contribution < -0.4 is 4.74 Å². The fourth-order valence-electron chi connectivity index (χ4n) is 2.16. The Balaban J connectivity index is 2.14. The van der Waals surface area contributed by atoms with E-state index in [9.17, 15) is 4.79 Å².